The number of carboxylic acids is 1. The Morgan fingerprint density at radius 2 is 2.35 bits per heavy atom. The molecule has 0 fully saturated rings. The average molecular weight is 278 g/mol. The van der Waals surface area contributed by atoms with Crippen LogP contribution < -0.4 is 10.6 Å². The van der Waals surface area contributed by atoms with Crippen LogP contribution in [0, 0.1) is 0 Å². The molecule has 4 N–H and O–H groups in total. The second-order valence-electron chi connectivity index (χ2n) is 4.14. The third kappa shape index (κ3) is 3.57. The Labute approximate surface area is 114 Å². The molecule has 2 aromatic rings. The van der Waals surface area contributed by atoms with Crippen molar-refractivity contribution in [3.63, 3.8) is 0 Å². The molecule has 1 atom stereocenters. The molecule has 0 aliphatic heterocycles. The number of amides is 2. The first-order valence-corrected chi connectivity index (χ1v) is 5.82. The fourth-order valence-electron chi connectivity index (χ4n) is 1.61. The molecule has 0 spiro atoms. The van der Waals surface area contributed by atoms with Gasteiger partial charge in [0.25, 0.3) is 0 Å². The summed E-state index contributed by atoms with van der Waals surface area (Å²) < 4.78 is 1.52. The van der Waals surface area contributed by atoms with E-state index in [0.717, 1.165) is 0 Å². The fourth-order valence-corrected chi connectivity index (χ4v) is 1.61. The summed E-state index contributed by atoms with van der Waals surface area (Å²) in [5, 5.41) is 17.9. The Kier molecular flexibility index (Phi) is 3.99. The van der Waals surface area contributed by atoms with Crippen LogP contribution in [0.4, 0.5) is 10.6 Å². The van der Waals surface area contributed by atoms with Gasteiger partial charge in [0.1, 0.15) is 6.04 Å². The zero-order chi connectivity index (χ0) is 14.5. The molecule has 2 heterocycles. The highest BCUT2D eigenvalue weighted by molar-refractivity contribution is 5.91. The average Bonchev–Trinajstić information content (AvgIpc) is 3.00. The molecule has 106 valence electrons. The van der Waals surface area contributed by atoms with Crippen LogP contribution >= 0.6 is 0 Å². The first-order chi connectivity index (χ1) is 9.54. The molecule has 2 aromatic heterocycles. The van der Waals surface area contributed by atoms with Gasteiger partial charge >= 0.3 is 12.0 Å². The van der Waals surface area contributed by atoms with Gasteiger partial charge in [0.15, 0.2) is 5.82 Å². The number of urea groups is 1. The van der Waals surface area contributed by atoms with Gasteiger partial charge in [0.05, 0.1) is 6.33 Å². The predicted molar refractivity (Wildman–Crippen MR) is 69.1 cm³/mol. The SMILES string of the molecule is Cn1ccc(NC(=O)N[C@H](Cc2cnc[nH]2)C(=O)O)n1. The Hall–Kier alpha value is -2.84. The lowest BCUT2D eigenvalue weighted by Crippen LogP contribution is -2.44. The van der Waals surface area contributed by atoms with E-state index in [2.05, 4.69) is 25.7 Å². The minimum absolute atomic E-state index is 0.116. The number of hydrogen-bond donors (Lipinski definition) is 4. The van der Waals surface area contributed by atoms with E-state index in [1.54, 1.807) is 19.3 Å². The molecule has 0 saturated heterocycles. The van der Waals surface area contributed by atoms with E-state index in [1.807, 2.05) is 0 Å². The van der Waals surface area contributed by atoms with Gasteiger partial charge in [-0.05, 0) is 0 Å². The summed E-state index contributed by atoms with van der Waals surface area (Å²) in [6.07, 6.45) is 4.73. The second kappa shape index (κ2) is 5.87. The topological polar surface area (TPSA) is 125 Å². The van der Waals surface area contributed by atoms with E-state index in [4.69, 9.17) is 5.11 Å². The minimum atomic E-state index is -1.13. The minimum Gasteiger partial charge on any atom is -0.480 e. The molecule has 0 unspecified atom stereocenters. The molecule has 0 bridgehead atoms. The Morgan fingerprint density at radius 1 is 1.55 bits per heavy atom. The van der Waals surface area contributed by atoms with E-state index >= 15 is 0 Å². The molecule has 0 radical (unpaired) electrons. The summed E-state index contributed by atoms with van der Waals surface area (Å²) in [4.78, 5) is 29.4. The molecule has 0 aliphatic rings. The van der Waals surface area contributed by atoms with Gasteiger partial charge in [0, 0.05) is 37.6 Å². The Morgan fingerprint density at radius 3 is 2.90 bits per heavy atom. The number of H-pyrrole nitrogens is 1. The molecule has 9 nitrogen and oxygen atoms in total. The van der Waals surface area contributed by atoms with Crippen molar-refractivity contribution in [2.24, 2.45) is 7.05 Å². The van der Waals surface area contributed by atoms with E-state index in [9.17, 15) is 9.59 Å². The quantitative estimate of drug-likeness (QED) is 0.610. The van der Waals surface area contributed by atoms with Crippen molar-refractivity contribution in [3.8, 4) is 0 Å². The van der Waals surface area contributed by atoms with E-state index in [1.165, 1.54) is 17.2 Å². The van der Waals surface area contributed by atoms with Crippen LogP contribution in [0.25, 0.3) is 0 Å². The van der Waals surface area contributed by atoms with Gasteiger partial charge < -0.3 is 15.4 Å². The molecule has 9 heteroatoms. The smallest absolute Gasteiger partial charge is 0.326 e. The Bertz CT molecular complexity index is 591. The highest BCUT2D eigenvalue weighted by atomic mass is 16.4. The summed E-state index contributed by atoms with van der Waals surface area (Å²) in [6.45, 7) is 0. The maximum Gasteiger partial charge on any atom is 0.326 e. The number of carboxylic acid groups (broad SMARTS) is 1. The zero-order valence-electron chi connectivity index (χ0n) is 10.7. The van der Waals surface area contributed by atoms with Gasteiger partial charge in [-0.1, -0.05) is 0 Å². The number of anilines is 1. The summed E-state index contributed by atoms with van der Waals surface area (Å²) >= 11 is 0. The monoisotopic (exact) mass is 278 g/mol. The van der Waals surface area contributed by atoms with Crippen LogP contribution in [-0.2, 0) is 18.3 Å². The molecule has 2 rings (SSSR count). The van der Waals surface area contributed by atoms with Crippen LogP contribution in [0.5, 0.6) is 0 Å². The number of hydrogen-bond acceptors (Lipinski definition) is 4. The standard InChI is InChI=1S/C11H14N6O3/c1-17-3-2-9(16-17)15-11(20)14-8(10(18)19)4-7-5-12-6-13-7/h2-3,5-6,8H,4H2,1H3,(H,12,13)(H,18,19)(H2,14,15,16,20)/t8-/m1/s1. The van der Waals surface area contributed by atoms with Crippen LogP contribution in [0.1, 0.15) is 5.69 Å². The molecule has 20 heavy (non-hydrogen) atoms. The number of imidazole rings is 1. The van der Waals surface area contributed by atoms with E-state index in [-0.39, 0.29) is 6.42 Å². The summed E-state index contributed by atoms with van der Waals surface area (Å²) in [6, 6.07) is -0.0840. The molecule has 0 aliphatic carbocycles. The van der Waals surface area contributed by atoms with Gasteiger partial charge in [-0.15, -0.1) is 0 Å². The van der Waals surface area contributed by atoms with Crippen LogP contribution in [0.15, 0.2) is 24.8 Å². The number of aromatic amines is 1. The number of carbonyl (C=O) groups excluding carboxylic acids is 1. The summed E-state index contributed by atoms with van der Waals surface area (Å²) in [5.41, 5.74) is 0.621. The lowest BCUT2D eigenvalue weighted by atomic mass is 10.2. The van der Waals surface area contributed by atoms with Crippen molar-refractivity contribution in [1.82, 2.24) is 25.1 Å². The Balaban J connectivity index is 1.94. The number of nitrogens with one attached hydrogen (secondary N) is 3. The number of aromatic nitrogens is 4. The molecule has 2 amide bonds. The van der Waals surface area contributed by atoms with E-state index < -0.39 is 18.0 Å². The predicted octanol–water partition coefficient (Wildman–Crippen LogP) is -0.0394. The molecular formula is C11H14N6O3. The lowest BCUT2D eigenvalue weighted by molar-refractivity contribution is -0.139. The first-order valence-electron chi connectivity index (χ1n) is 5.82. The largest absolute Gasteiger partial charge is 0.480 e. The van der Waals surface area contributed by atoms with Crippen LogP contribution in [0.3, 0.4) is 0 Å². The van der Waals surface area contributed by atoms with Crippen molar-refractivity contribution >= 4 is 17.8 Å². The van der Waals surface area contributed by atoms with Crippen molar-refractivity contribution in [2.75, 3.05) is 5.32 Å². The van der Waals surface area contributed by atoms with Gasteiger partial charge in [-0.3, -0.25) is 10.00 Å². The number of rotatable bonds is 5. The van der Waals surface area contributed by atoms with Gasteiger partial charge in [-0.25, -0.2) is 14.6 Å². The first kappa shape index (κ1) is 13.6. The maximum absolute atomic E-state index is 11.7. The van der Waals surface area contributed by atoms with E-state index in [0.29, 0.717) is 11.5 Å². The molecular weight excluding hydrogens is 264 g/mol. The number of nitrogens with zero attached hydrogens (tertiary/aromatic N) is 3. The summed E-state index contributed by atoms with van der Waals surface area (Å²) in [7, 11) is 1.71. The number of carbonyl (C=O) groups is 2. The van der Waals surface area contributed by atoms with Crippen molar-refractivity contribution in [2.45, 2.75) is 12.5 Å². The second-order valence-corrected chi connectivity index (χ2v) is 4.14. The van der Waals surface area contributed by atoms with Gasteiger partial charge in [0.2, 0.25) is 0 Å². The zero-order valence-corrected chi connectivity index (χ0v) is 10.7. The molecule has 0 saturated carbocycles. The number of aryl methyl sites for hydroxylation is 1. The van der Waals surface area contributed by atoms with Crippen molar-refractivity contribution in [3.05, 3.63) is 30.5 Å². The third-order valence-corrected chi connectivity index (χ3v) is 2.54. The van der Waals surface area contributed by atoms with Crippen molar-refractivity contribution in [1.29, 1.82) is 0 Å². The van der Waals surface area contributed by atoms with Crippen molar-refractivity contribution < 1.29 is 14.7 Å². The lowest BCUT2D eigenvalue weighted by Gasteiger charge is -2.13. The van der Waals surface area contributed by atoms with Gasteiger partial charge in [-0.2, -0.15) is 5.10 Å². The summed E-state index contributed by atoms with van der Waals surface area (Å²) in [5.74, 6) is -0.786. The normalized spacial score (nSPS) is 11.8. The fraction of sp³-hybridized carbons (Fsp3) is 0.273. The maximum atomic E-state index is 11.7. The third-order valence-electron chi connectivity index (χ3n) is 2.54. The van der Waals surface area contributed by atoms with Crippen LogP contribution in [0.2, 0.25) is 0 Å². The highest BCUT2D eigenvalue weighted by Crippen LogP contribution is 2.02. The van der Waals surface area contributed by atoms with Crippen LogP contribution in [-0.4, -0.2) is 42.9 Å². The number of aliphatic carboxylic acids is 1. The highest BCUT2D eigenvalue weighted by Gasteiger charge is 2.21. The molecule has 0 aromatic carbocycles.